The van der Waals surface area contributed by atoms with Crippen molar-refractivity contribution in [1.29, 1.82) is 0 Å². The maximum Gasteiger partial charge on any atom is 0.0900 e. The molecule has 0 saturated heterocycles. The van der Waals surface area contributed by atoms with Crippen molar-refractivity contribution in [2.24, 2.45) is 0 Å². The summed E-state index contributed by atoms with van der Waals surface area (Å²) in [6, 6.07) is 0. The van der Waals surface area contributed by atoms with Crippen molar-refractivity contribution in [3.8, 4) is 0 Å². The van der Waals surface area contributed by atoms with Crippen LogP contribution in [0.5, 0.6) is 0 Å². The molecule has 2 radical (unpaired) electrons. The van der Waals surface area contributed by atoms with E-state index >= 15 is 0 Å². The Morgan fingerprint density at radius 2 is 1.73 bits per heavy atom. The van der Waals surface area contributed by atoms with E-state index in [1.165, 1.54) is 0 Å². The summed E-state index contributed by atoms with van der Waals surface area (Å²) in [5.41, 5.74) is 0. The molecular weight excluding hydrogens is 138 g/mol. The van der Waals surface area contributed by atoms with E-state index in [0.29, 0.717) is 0 Å². The van der Waals surface area contributed by atoms with Crippen LogP contribution in [0, 0.1) is 0 Å². The van der Waals surface area contributed by atoms with Gasteiger partial charge in [-0.25, -0.2) is 10.6 Å². The second-order valence-corrected chi connectivity index (χ2v) is 2.46. The largest absolute Gasteiger partial charge is 0.286 e. The average Bonchev–Trinajstić information content (AvgIpc) is 2.05. The van der Waals surface area contributed by atoms with Gasteiger partial charge in [-0.2, -0.15) is 0 Å². The van der Waals surface area contributed by atoms with Crippen LogP contribution in [0.4, 0.5) is 0 Å². The summed E-state index contributed by atoms with van der Waals surface area (Å²) in [6.07, 6.45) is 0.287. The molecule has 0 aromatic rings. The Kier molecular flexibility index (Phi) is 6.51. The van der Waals surface area contributed by atoms with Gasteiger partial charge < -0.3 is 0 Å². The van der Waals surface area contributed by atoms with Crippen LogP contribution in [0.3, 0.4) is 0 Å². The Morgan fingerprint density at radius 3 is 2.00 bits per heavy atom. The minimum Gasteiger partial charge on any atom is -0.286 e. The maximum absolute atomic E-state index is 4.25. The van der Waals surface area contributed by atoms with Crippen LogP contribution in [0.2, 0.25) is 0 Å². The highest BCUT2D eigenvalue weighted by Gasteiger charge is 2.12. The quantitative estimate of drug-likeness (QED) is 0.539. The summed E-state index contributed by atoms with van der Waals surface area (Å²) in [5.74, 6) is 0. The lowest BCUT2D eigenvalue weighted by Gasteiger charge is -2.27. The van der Waals surface area contributed by atoms with Gasteiger partial charge >= 0.3 is 0 Å². The number of hydrogen-bond donors (Lipinski definition) is 0. The summed E-state index contributed by atoms with van der Waals surface area (Å²) < 4.78 is 0. The molecule has 66 valence electrons. The third-order valence-electron chi connectivity index (χ3n) is 1.88. The molecule has 0 aromatic heterocycles. The summed E-state index contributed by atoms with van der Waals surface area (Å²) in [4.78, 5) is 2.30. The Labute approximate surface area is 70.2 Å². The van der Waals surface area contributed by atoms with Gasteiger partial charge in [-0.15, -0.1) is 0 Å². The van der Waals surface area contributed by atoms with Gasteiger partial charge in [-0.05, 0) is 13.1 Å². The van der Waals surface area contributed by atoms with Crippen molar-refractivity contribution in [2.75, 3.05) is 33.7 Å². The van der Waals surface area contributed by atoms with E-state index in [1.807, 2.05) is 14.1 Å². The molecule has 0 heterocycles. The molecule has 0 fully saturated rings. The van der Waals surface area contributed by atoms with E-state index in [2.05, 4.69) is 29.4 Å². The van der Waals surface area contributed by atoms with E-state index < -0.39 is 0 Å². The van der Waals surface area contributed by atoms with Crippen LogP contribution in [0.25, 0.3) is 0 Å². The Balaban J connectivity index is 3.76. The Morgan fingerprint density at radius 1 is 1.18 bits per heavy atom. The lowest BCUT2D eigenvalue weighted by molar-refractivity contribution is 0.185. The summed E-state index contributed by atoms with van der Waals surface area (Å²) in [7, 11) is 3.69. The van der Waals surface area contributed by atoms with E-state index in [9.17, 15) is 0 Å². The normalized spacial score (nSPS) is 13.9. The standard InChI is InChI=1S/C8H19N3/c1-5-11(6-2)8(10-4)7-9-3/h8H,5-7H2,1-4H3. The zero-order chi connectivity index (χ0) is 8.69. The van der Waals surface area contributed by atoms with E-state index in [4.69, 9.17) is 0 Å². The monoisotopic (exact) mass is 157 g/mol. The maximum atomic E-state index is 4.25. The smallest absolute Gasteiger partial charge is 0.0900 e. The van der Waals surface area contributed by atoms with Crippen molar-refractivity contribution in [3.63, 3.8) is 0 Å². The molecule has 3 nitrogen and oxygen atoms in total. The molecule has 3 heteroatoms. The lowest BCUT2D eigenvalue weighted by atomic mass is 10.4. The molecule has 0 rings (SSSR count). The molecule has 1 atom stereocenters. The number of likely N-dealkylation sites (N-methyl/N-ethyl adjacent to an activating group) is 3. The fourth-order valence-electron chi connectivity index (χ4n) is 1.17. The first-order valence-corrected chi connectivity index (χ1v) is 4.18. The molecule has 0 N–H and O–H groups in total. The van der Waals surface area contributed by atoms with Crippen LogP contribution >= 0.6 is 0 Å². The molecule has 0 aliphatic heterocycles. The summed E-state index contributed by atoms with van der Waals surface area (Å²) in [5, 5.41) is 8.34. The second kappa shape index (κ2) is 6.58. The molecule has 0 amide bonds. The molecule has 0 bridgehead atoms. The first-order valence-electron chi connectivity index (χ1n) is 4.18. The highest BCUT2D eigenvalue weighted by atomic mass is 15.3. The zero-order valence-corrected chi connectivity index (χ0v) is 8.04. The molecule has 0 saturated carbocycles. The first-order chi connectivity index (χ1) is 5.29. The highest BCUT2D eigenvalue weighted by molar-refractivity contribution is 4.66. The van der Waals surface area contributed by atoms with Gasteiger partial charge in [-0.1, -0.05) is 13.8 Å². The molecule has 0 aliphatic rings. The van der Waals surface area contributed by atoms with Crippen molar-refractivity contribution in [3.05, 3.63) is 0 Å². The molecular formula is C8H19N3. The van der Waals surface area contributed by atoms with Crippen molar-refractivity contribution < 1.29 is 0 Å². The molecule has 1 unspecified atom stereocenters. The topological polar surface area (TPSA) is 31.4 Å². The minimum atomic E-state index is 0.287. The third kappa shape index (κ3) is 3.70. The Hall–Kier alpha value is -0.120. The van der Waals surface area contributed by atoms with Gasteiger partial charge in [-0.3, -0.25) is 4.90 Å². The fraction of sp³-hybridized carbons (Fsp3) is 1.00. The Bertz CT molecular complexity index is 81.4. The van der Waals surface area contributed by atoms with Gasteiger partial charge in [0.15, 0.2) is 0 Å². The fourth-order valence-corrected chi connectivity index (χ4v) is 1.17. The molecule has 0 spiro atoms. The summed E-state index contributed by atoms with van der Waals surface area (Å²) in [6.45, 7) is 7.22. The van der Waals surface area contributed by atoms with E-state index in [0.717, 1.165) is 19.6 Å². The number of rotatable bonds is 6. The van der Waals surface area contributed by atoms with E-state index in [-0.39, 0.29) is 6.17 Å². The predicted molar refractivity (Wildman–Crippen MR) is 47.7 cm³/mol. The van der Waals surface area contributed by atoms with Crippen molar-refractivity contribution in [2.45, 2.75) is 20.0 Å². The van der Waals surface area contributed by atoms with Gasteiger partial charge in [0.1, 0.15) is 0 Å². The third-order valence-corrected chi connectivity index (χ3v) is 1.88. The van der Waals surface area contributed by atoms with Crippen molar-refractivity contribution >= 4 is 0 Å². The number of hydrogen-bond acceptors (Lipinski definition) is 1. The van der Waals surface area contributed by atoms with Gasteiger partial charge in [0.2, 0.25) is 0 Å². The van der Waals surface area contributed by atoms with Crippen LogP contribution < -0.4 is 10.6 Å². The SMILES string of the molecule is CCN(CC)C(C[N]C)[N]C. The highest BCUT2D eigenvalue weighted by Crippen LogP contribution is 1.94. The van der Waals surface area contributed by atoms with Gasteiger partial charge in [0.25, 0.3) is 0 Å². The second-order valence-electron chi connectivity index (χ2n) is 2.46. The van der Waals surface area contributed by atoms with Gasteiger partial charge in [0, 0.05) is 20.6 Å². The first kappa shape index (κ1) is 10.9. The number of nitrogens with zero attached hydrogens (tertiary/aromatic N) is 3. The van der Waals surface area contributed by atoms with Crippen LogP contribution in [-0.2, 0) is 0 Å². The molecule has 0 aromatic carbocycles. The average molecular weight is 157 g/mol. The van der Waals surface area contributed by atoms with E-state index in [1.54, 1.807) is 0 Å². The summed E-state index contributed by atoms with van der Waals surface area (Å²) >= 11 is 0. The van der Waals surface area contributed by atoms with Crippen molar-refractivity contribution in [1.82, 2.24) is 15.5 Å². The van der Waals surface area contributed by atoms with Crippen LogP contribution in [0.1, 0.15) is 13.8 Å². The zero-order valence-electron chi connectivity index (χ0n) is 8.04. The molecule has 0 aliphatic carbocycles. The van der Waals surface area contributed by atoms with Gasteiger partial charge in [0.05, 0.1) is 6.17 Å². The van der Waals surface area contributed by atoms with Crippen LogP contribution in [0.15, 0.2) is 0 Å². The van der Waals surface area contributed by atoms with Crippen LogP contribution in [-0.4, -0.2) is 44.8 Å². The minimum absolute atomic E-state index is 0.287. The predicted octanol–water partition coefficient (Wildman–Crippen LogP) is 0.123. The molecule has 11 heavy (non-hydrogen) atoms. The lowest BCUT2D eigenvalue weighted by Crippen LogP contribution is -2.45.